The molecule has 0 aromatic heterocycles. The second kappa shape index (κ2) is 13.9. The average Bonchev–Trinajstić information content (AvgIpc) is 2.40. The second-order valence-electron chi connectivity index (χ2n) is 5.49. The van der Waals surface area contributed by atoms with Crippen molar-refractivity contribution in [1.82, 2.24) is 5.32 Å². The van der Waals surface area contributed by atoms with Crippen molar-refractivity contribution in [3.63, 3.8) is 0 Å². The van der Waals surface area contributed by atoms with Gasteiger partial charge in [0.15, 0.2) is 0 Å². The van der Waals surface area contributed by atoms with Gasteiger partial charge in [-0.3, -0.25) is 4.79 Å². The molecule has 2 N–H and O–H groups in total. The minimum atomic E-state index is 0.175. The summed E-state index contributed by atoms with van der Waals surface area (Å²) in [6.07, 6.45) is 11.0. The maximum atomic E-state index is 11.7. The highest BCUT2D eigenvalue weighted by Crippen LogP contribution is 2.10. The molecule has 0 aromatic carbocycles. The predicted molar refractivity (Wildman–Crippen MR) is 81.1 cm³/mol. The van der Waals surface area contributed by atoms with Gasteiger partial charge in [-0.25, -0.2) is 0 Å². The first-order valence-corrected chi connectivity index (χ1v) is 8.12. The van der Waals surface area contributed by atoms with E-state index in [0.717, 1.165) is 32.2 Å². The molecule has 0 aliphatic rings. The van der Waals surface area contributed by atoms with Crippen LogP contribution in [0, 0.1) is 5.92 Å². The predicted octanol–water partition coefficient (Wildman–Crippen LogP) is 3.65. The smallest absolute Gasteiger partial charge is 0.220 e. The molecule has 0 saturated heterocycles. The highest BCUT2D eigenvalue weighted by Gasteiger charge is 2.09. The van der Waals surface area contributed by atoms with Gasteiger partial charge in [-0.1, -0.05) is 52.4 Å². The van der Waals surface area contributed by atoms with Gasteiger partial charge in [0.2, 0.25) is 5.91 Å². The molecule has 1 amide bonds. The molecular weight excluding hydrogens is 238 g/mol. The molecule has 114 valence electrons. The van der Waals surface area contributed by atoms with Crippen LogP contribution in [-0.2, 0) is 4.79 Å². The van der Waals surface area contributed by atoms with Crippen LogP contribution in [0.1, 0.15) is 78.1 Å². The zero-order valence-corrected chi connectivity index (χ0v) is 12.9. The first-order valence-electron chi connectivity index (χ1n) is 8.12. The molecular formula is C16H33NO2. The fourth-order valence-electron chi connectivity index (χ4n) is 2.35. The highest BCUT2D eigenvalue weighted by atomic mass is 16.3. The standard InChI is InChI=1S/C16H33NO2/c1-3-5-6-7-8-9-11-16(19)17-14-15(10-4-2)12-13-18/h15,18H,3-14H2,1-2H3,(H,17,19). The zero-order chi connectivity index (χ0) is 14.3. The molecule has 0 aliphatic heterocycles. The lowest BCUT2D eigenvalue weighted by molar-refractivity contribution is -0.121. The Morgan fingerprint density at radius 1 is 1.00 bits per heavy atom. The van der Waals surface area contributed by atoms with Crippen LogP contribution in [0.15, 0.2) is 0 Å². The zero-order valence-electron chi connectivity index (χ0n) is 12.9. The van der Waals surface area contributed by atoms with E-state index < -0.39 is 0 Å². The Morgan fingerprint density at radius 3 is 2.32 bits per heavy atom. The van der Waals surface area contributed by atoms with Crippen LogP contribution in [0.2, 0.25) is 0 Å². The number of aliphatic hydroxyl groups is 1. The van der Waals surface area contributed by atoms with Gasteiger partial charge in [-0.05, 0) is 25.2 Å². The summed E-state index contributed by atoms with van der Waals surface area (Å²) in [6, 6.07) is 0. The van der Waals surface area contributed by atoms with Gasteiger partial charge < -0.3 is 10.4 Å². The van der Waals surface area contributed by atoms with Gasteiger partial charge in [-0.2, -0.15) is 0 Å². The number of hydrogen-bond donors (Lipinski definition) is 2. The van der Waals surface area contributed by atoms with E-state index in [1.807, 2.05) is 0 Å². The van der Waals surface area contributed by atoms with E-state index in [1.165, 1.54) is 32.1 Å². The van der Waals surface area contributed by atoms with E-state index >= 15 is 0 Å². The van der Waals surface area contributed by atoms with Crippen molar-refractivity contribution >= 4 is 5.91 Å². The molecule has 0 heterocycles. The number of rotatable bonds is 13. The maximum Gasteiger partial charge on any atom is 0.220 e. The number of hydrogen-bond acceptors (Lipinski definition) is 2. The number of amides is 1. The molecule has 0 rings (SSSR count). The van der Waals surface area contributed by atoms with Crippen molar-refractivity contribution in [1.29, 1.82) is 0 Å². The number of nitrogens with one attached hydrogen (secondary N) is 1. The first kappa shape index (κ1) is 18.4. The second-order valence-corrected chi connectivity index (χ2v) is 5.49. The molecule has 19 heavy (non-hydrogen) atoms. The van der Waals surface area contributed by atoms with Crippen molar-refractivity contribution in [3.05, 3.63) is 0 Å². The SMILES string of the molecule is CCCCCCCCC(=O)NCC(CCC)CCO. The lowest BCUT2D eigenvalue weighted by Gasteiger charge is -2.15. The molecule has 0 radical (unpaired) electrons. The van der Waals surface area contributed by atoms with Crippen LogP contribution in [0.3, 0.4) is 0 Å². The fraction of sp³-hybridized carbons (Fsp3) is 0.938. The van der Waals surface area contributed by atoms with Crippen molar-refractivity contribution < 1.29 is 9.90 Å². The monoisotopic (exact) mass is 271 g/mol. The van der Waals surface area contributed by atoms with Gasteiger partial charge >= 0.3 is 0 Å². The summed E-state index contributed by atoms with van der Waals surface area (Å²) in [5.41, 5.74) is 0. The molecule has 0 bridgehead atoms. The van der Waals surface area contributed by atoms with Crippen LogP contribution in [0.25, 0.3) is 0 Å². The Bertz CT molecular complexity index is 201. The third kappa shape index (κ3) is 12.2. The molecule has 3 heteroatoms. The minimum Gasteiger partial charge on any atom is -0.396 e. The van der Waals surface area contributed by atoms with Gasteiger partial charge in [0.05, 0.1) is 0 Å². The lowest BCUT2D eigenvalue weighted by Crippen LogP contribution is -2.29. The largest absolute Gasteiger partial charge is 0.396 e. The van der Waals surface area contributed by atoms with Crippen molar-refractivity contribution in [2.45, 2.75) is 78.1 Å². The molecule has 0 aromatic rings. The highest BCUT2D eigenvalue weighted by molar-refractivity contribution is 5.75. The third-order valence-electron chi connectivity index (χ3n) is 3.58. The van der Waals surface area contributed by atoms with Crippen LogP contribution in [0.4, 0.5) is 0 Å². The van der Waals surface area contributed by atoms with Crippen LogP contribution in [-0.4, -0.2) is 24.2 Å². The summed E-state index contributed by atoms with van der Waals surface area (Å²) in [6.45, 7) is 5.30. The lowest BCUT2D eigenvalue weighted by atomic mass is 10.00. The first-order chi connectivity index (χ1) is 9.24. The summed E-state index contributed by atoms with van der Waals surface area (Å²) >= 11 is 0. The normalized spacial score (nSPS) is 12.4. The summed E-state index contributed by atoms with van der Waals surface area (Å²) in [7, 11) is 0. The summed E-state index contributed by atoms with van der Waals surface area (Å²) in [5, 5.41) is 12.0. The van der Waals surface area contributed by atoms with Crippen molar-refractivity contribution in [3.8, 4) is 0 Å². The summed E-state index contributed by atoms with van der Waals surface area (Å²) in [4.78, 5) is 11.7. The van der Waals surface area contributed by atoms with E-state index in [2.05, 4.69) is 19.2 Å². The Hall–Kier alpha value is -0.570. The van der Waals surface area contributed by atoms with Crippen LogP contribution < -0.4 is 5.32 Å². The Kier molecular flexibility index (Phi) is 13.4. The molecule has 0 fully saturated rings. The molecule has 3 nitrogen and oxygen atoms in total. The van der Waals surface area contributed by atoms with Crippen LogP contribution in [0.5, 0.6) is 0 Å². The average molecular weight is 271 g/mol. The van der Waals surface area contributed by atoms with E-state index in [4.69, 9.17) is 5.11 Å². The topological polar surface area (TPSA) is 49.3 Å². The van der Waals surface area contributed by atoms with Crippen molar-refractivity contribution in [2.24, 2.45) is 5.92 Å². The fourth-order valence-corrected chi connectivity index (χ4v) is 2.35. The van der Waals surface area contributed by atoms with E-state index in [0.29, 0.717) is 12.3 Å². The third-order valence-corrected chi connectivity index (χ3v) is 3.58. The molecule has 0 saturated carbocycles. The van der Waals surface area contributed by atoms with E-state index in [-0.39, 0.29) is 12.5 Å². The number of aliphatic hydroxyl groups excluding tert-OH is 1. The quantitative estimate of drug-likeness (QED) is 0.502. The Labute approximate surface area is 119 Å². The van der Waals surface area contributed by atoms with Gasteiger partial charge in [0, 0.05) is 19.6 Å². The number of carbonyl (C=O) groups excluding carboxylic acids is 1. The number of carbonyl (C=O) groups is 1. The van der Waals surface area contributed by atoms with Gasteiger partial charge in [0.1, 0.15) is 0 Å². The molecule has 0 aliphatic carbocycles. The van der Waals surface area contributed by atoms with Gasteiger partial charge in [-0.15, -0.1) is 0 Å². The van der Waals surface area contributed by atoms with E-state index in [1.54, 1.807) is 0 Å². The summed E-state index contributed by atoms with van der Waals surface area (Å²) in [5.74, 6) is 0.609. The Balaban J connectivity index is 3.50. The summed E-state index contributed by atoms with van der Waals surface area (Å²) < 4.78 is 0. The number of unbranched alkanes of at least 4 members (excludes halogenated alkanes) is 5. The van der Waals surface area contributed by atoms with Crippen LogP contribution >= 0.6 is 0 Å². The van der Waals surface area contributed by atoms with E-state index in [9.17, 15) is 4.79 Å². The molecule has 1 atom stereocenters. The molecule has 1 unspecified atom stereocenters. The molecule has 0 spiro atoms. The maximum absolute atomic E-state index is 11.7. The Morgan fingerprint density at radius 2 is 1.68 bits per heavy atom. The van der Waals surface area contributed by atoms with Gasteiger partial charge in [0.25, 0.3) is 0 Å². The van der Waals surface area contributed by atoms with Crippen molar-refractivity contribution in [2.75, 3.05) is 13.2 Å². The minimum absolute atomic E-state index is 0.175.